The van der Waals surface area contributed by atoms with Gasteiger partial charge in [-0.25, -0.2) is 13.4 Å². The normalized spacial score (nSPS) is 21.1. The van der Waals surface area contributed by atoms with Gasteiger partial charge in [0.25, 0.3) is 0 Å². The molecule has 110 valence electrons. The van der Waals surface area contributed by atoms with Gasteiger partial charge in [-0.05, 0) is 32.5 Å². The number of amides is 1. The van der Waals surface area contributed by atoms with E-state index in [9.17, 15) is 13.2 Å². The summed E-state index contributed by atoms with van der Waals surface area (Å²) in [7, 11) is -1.15. The van der Waals surface area contributed by atoms with Crippen LogP contribution in [0.15, 0.2) is 18.2 Å². The van der Waals surface area contributed by atoms with Crippen molar-refractivity contribution in [1.29, 1.82) is 0 Å². The number of pyridine rings is 1. The number of nitrogens with zero attached hydrogens (tertiary/aromatic N) is 2. The Morgan fingerprint density at radius 2 is 2.25 bits per heavy atom. The summed E-state index contributed by atoms with van der Waals surface area (Å²) in [6.45, 7) is 2.01. The lowest BCUT2D eigenvalue weighted by Gasteiger charge is -2.22. The summed E-state index contributed by atoms with van der Waals surface area (Å²) in [4.78, 5) is 17.9. The zero-order valence-corrected chi connectivity index (χ0v) is 12.5. The topological polar surface area (TPSA) is 79.4 Å². The third kappa shape index (κ3) is 4.01. The van der Waals surface area contributed by atoms with Crippen LogP contribution in [0.5, 0.6) is 0 Å². The Balaban J connectivity index is 1.88. The molecule has 1 fully saturated rings. The Morgan fingerprint density at radius 1 is 1.50 bits per heavy atom. The van der Waals surface area contributed by atoms with Crippen LogP contribution in [-0.4, -0.2) is 55.3 Å². The molecule has 1 atom stereocenters. The lowest BCUT2D eigenvalue weighted by Crippen LogP contribution is -2.38. The smallest absolute Gasteiger partial charge is 0.239 e. The molecule has 1 aliphatic heterocycles. The lowest BCUT2D eigenvalue weighted by atomic mass is 10.2. The number of aromatic nitrogens is 1. The number of rotatable bonds is 4. The fraction of sp³-hybridized carbons (Fsp3) is 0.538. The van der Waals surface area contributed by atoms with Gasteiger partial charge in [0, 0.05) is 11.7 Å². The third-order valence-corrected chi connectivity index (χ3v) is 5.13. The highest BCUT2D eigenvalue weighted by atomic mass is 32.2. The van der Waals surface area contributed by atoms with Crippen LogP contribution >= 0.6 is 0 Å². The summed E-state index contributed by atoms with van der Waals surface area (Å²) in [5.74, 6) is 0.681. The summed E-state index contributed by atoms with van der Waals surface area (Å²) in [6, 6.07) is 5.33. The molecular weight excluding hydrogens is 278 g/mol. The maximum absolute atomic E-state index is 11.9. The van der Waals surface area contributed by atoms with E-state index in [4.69, 9.17) is 0 Å². The van der Waals surface area contributed by atoms with Crippen LogP contribution in [-0.2, 0) is 14.6 Å². The molecule has 6 nitrogen and oxygen atoms in total. The molecular formula is C13H19N3O3S. The molecule has 0 aliphatic carbocycles. The quantitative estimate of drug-likeness (QED) is 0.873. The minimum atomic E-state index is -2.93. The average molecular weight is 297 g/mol. The molecule has 1 aliphatic rings. The standard InChI is InChI=1S/C13H19N3O3S/c1-10-4-3-5-12(14-10)15-13(17)8-16(2)11-6-7-20(18,19)9-11/h3-5,11H,6-9H2,1-2H3,(H,14,15,17)/t11-/m1/s1. The average Bonchev–Trinajstić information content (AvgIpc) is 2.69. The molecule has 1 saturated heterocycles. The number of likely N-dealkylation sites (N-methyl/N-ethyl adjacent to an activating group) is 1. The Labute approximate surface area is 119 Å². The van der Waals surface area contributed by atoms with Gasteiger partial charge in [-0.3, -0.25) is 9.69 Å². The van der Waals surface area contributed by atoms with Crippen LogP contribution in [0.1, 0.15) is 12.1 Å². The van der Waals surface area contributed by atoms with E-state index >= 15 is 0 Å². The van der Waals surface area contributed by atoms with Crippen molar-refractivity contribution in [3.05, 3.63) is 23.9 Å². The second-order valence-corrected chi connectivity index (χ2v) is 7.41. The molecule has 0 bridgehead atoms. The summed E-state index contributed by atoms with van der Waals surface area (Å²) in [5, 5.41) is 2.72. The number of anilines is 1. The fourth-order valence-corrected chi connectivity index (χ4v) is 4.08. The van der Waals surface area contributed by atoms with Gasteiger partial charge in [0.15, 0.2) is 9.84 Å². The van der Waals surface area contributed by atoms with Crippen molar-refractivity contribution in [2.75, 3.05) is 30.4 Å². The molecule has 1 amide bonds. The SMILES string of the molecule is Cc1cccc(NC(=O)CN(C)[C@@H]2CCS(=O)(=O)C2)n1. The first-order chi connectivity index (χ1) is 9.35. The third-order valence-electron chi connectivity index (χ3n) is 3.38. The van der Waals surface area contributed by atoms with Gasteiger partial charge in [0.05, 0.1) is 18.1 Å². The zero-order valence-electron chi connectivity index (χ0n) is 11.7. The Kier molecular flexibility index (Phi) is 4.39. The number of sulfone groups is 1. The Bertz CT molecular complexity index is 601. The van der Waals surface area contributed by atoms with Crippen molar-refractivity contribution in [3.63, 3.8) is 0 Å². The van der Waals surface area contributed by atoms with Crippen molar-refractivity contribution in [2.45, 2.75) is 19.4 Å². The minimum Gasteiger partial charge on any atom is -0.310 e. The summed E-state index contributed by atoms with van der Waals surface area (Å²) < 4.78 is 22.8. The van der Waals surface area contributed by atoms with Crippen molar-refractivity contribution in [2.24, 2.45) is 0 Å². The number of carbonyl (C=O) groups is 1. The van der Waals surface area contributed by atoms with Crippen LogP contribution < -0.4 is 5.32 Å². The van der Waals surface area contributed by atoms with Gasteiger partial charge in [-0.2, -0.15) is 0 Å². The molecule has 7 heteroatoms. The molecule has 0 unspecified atom stereocenters. The number of carbonyl (C=O) groups excluding carboxylic acids is 1. The highest BCUT2D eigenvalue weighted by molar-refractivity contribution is 7.91. The molecule has 1 N–H and O–H groups in total. The molecule has 0 spiro atoms. The maximum atomic E-state index is 11.9. The van der Waals surface area contributed by atoms with E-state index < -0.39 is 9.84 Å². The molecule has 2 rings (SSSR count). The summed E-state index contributed by atoms with van der Waals surface area (Å²) >= 11 is 0. The highest BCUT2D eigenvalue weighted by Crippen LogP contribution is 2.16. The lowest BCUT2D eigenvalue weighted by molar-refractivity contribution is -0.117. The first-order valence-corrected chi connectivity index (χ1v) is 8.32. The van der Waals surface area contributed by atoms with Crippen molar-refractivity contribution in [3.8, 4) is 0 Å². The van der Waals surface area contributed by atoms with Crippen LogP contribution in [0, 0.1) is 6.92 Å². The van der Waals surface area contributed by atoms with Gasteiger partial charge in [0.2, 0.25) is 5.91 Å². The molecule has 2 heterocycles. The van der Waals surface area contributed by atoms with Crippen molar-refractivity contribution >= 4 is 21.6 Å². The Hall–Kier alpha value is -1.47. The molecule has 20 heavy (non-hydrogen) atoms. The van der Waals surface area contributed by atoms with E-state index in [0.717, 1.165) is 5.69 Å². The molecule has 0 saturated carbocycles. The van der Waals surface area contributed by atoms with Crippen LogP contribution in [0.4, 0.5) is 5.82 Å². The second kappa shape index (κ2) is 5.88. The van der Waals surface area contributed by atoms with E-state index in [-0.39, 0.29) is 30.0 Å². The summed E-state index contributed by atoms with van der Waals surface area (Å²) in [6.07, 6.45) is 0.592. The van der Waals surface area contributed by atoms with Gasteiger partial charge < -0.3 is 5.32 Å². The molecule has 0 radical (unpaired) electrons. The van der Waals surface area contributed by atoms with Gasteiger partial charge in [-0.15, -0.1) is 0 Å². The predicted molar refractivity (Wildman–Crippen MR) is 77.3 cm³/mol. The number of nitrogens with one attached hydrogen (secondary N) is 1. The number of hydrogen-bond acceptors (Lipinski definition) is 5. The minimum absolute atomic E-state index is 0.0729. The van der Waals surface area contributed by atoms with Gasteiger partial charge >= 0.3 is 0 Å². The fourth-order valence-electron chi connectivity index (χ4n) is 2.27. The van der Waals surface area contributed by atoms with Gasteiger partial charge in [0.1, 0.15) is 5.82 Å². The Morgan fingerprint density at radius 3 is 2.85 bits per heavy atom. The van der Waals surface area contributed by atoms with Crippen LogP contribution in [0.25, 0.3) is 0 Å². The van der Waals surface area contributed by atoms with Crippen LogP contribution in [0.2, 0.25) is 0 Å². The first-order valence-electron chi connectivity index (χ1n) is 6.50. The van der Waals surface area contributed by atoms with Gasteiger partial charge in [-0.1, -0.05) is 6.07 Å². The van der Waals surface area contributed by atoms with E-state index in [1.54, 1.807) is 18.0 Å². The molecule has 1 aromatic heterocycles. The van der Waals surface area contributed by atoms with E-state index in [1.165, 1.54) is 0 Å². The van der Waals surface area contributed by atoms with Crippen molar-refractivity contribution in [1.82, 2.24) is 9.88 Å². The zero-order chi connectivity index (χ0) is 14.8. The van der Waals surface area contributed by atoms with E-state index in [2.05, 4.69) is 10.3 Å². The molecule has 0 aromatic carbocycles. The van der Waals surface area contributed by atoms with Crippen LogP contribution in [0.3, 0.4) is 0 Å². The van der Waals surface area contributed by atoms with E-state index in [0.29, 0.717) is 12.2 Å². The highest BCUT2D eigenvalue weighted by Gasteiger charge is 2.31. The maximum Gasteiger partial charge on any atom is 0.239 e. The predicted octanol–water partition coefficient (Wildman–Crippen LogP) is 0.447. The second-order valence-electron chi connectivity index (χ2n) is 5.18. The summed E-state index contributed by atoms with van der Waals surface area (Å²) in [5.41, 5.74) is 0.832. The number of aryl methyl sites for hydroxylation is 1. The van der Waals surface area contributed by atoms with E-state index in [1.807, 2.05) is 19.1 Å². The number of hydrogen-bond donors (Lipinski definition) is 1. The monoisotopic (exact) mass is 297 g/mol. The first kappa shape index (κ1) is 14.9. The largest absolute Gasteiger partial charge is 0.310 e. The molecule has 1 aromatic rings. The van der Waals surface area contributed by atoms with Crippen molar-refractivity contribution < 1.29 is 13.2 Å².